The second-order valence-electron chi connectivity index (χ2n) is 4.14. The summed E-state index contributed by atoms with van der Waals surface area (Å²) in [6.07, 6.45) is 0.946. The molecule has 0 spiro atoms. The van der Waals surface area contributed by atoms with E-state index in [9.17, 15) is 17.2 Å². The topological polar surface area (TPSA) is 86.2 Å². The van der Waals surface area contributed by atoms with Crippen LogP contribution in [0.1, 0.15) is 0 Å². The van der Waals surface area contributed by atoms with Crippen molar-refractivity contribution in [2.24, 2.45) is 0 Å². The maximum Gasteiger partial charge on any atom is 0.178 e. The van der Waals surface area contributed by atoms with Gasteiger partial charge in [-0.05, 0) is 52.3 Å². The van der Waals surface area contributed by atoms with Gasteiger partial charge in [-0.2, -0.15) is 0 Å². The summed E-state index contributed by atoms with van der Waals surface area (Å²) in [5.74, 6) is -1.13. The van der Waals surface area contributed by atoms with E-state index in [4.69, 9.17) is 11.5 Å². The van der Waals surface area contributed by atoms with Crippen LogP contribution in [0.15, 0.2) is 45.8 Å². The monoisotopic (exact) mass is 378 g/mol. The Morgan fingerprint density at radius 3 is 1.81 bits per heavy atom. The first-order valence-electron chi connectivity index (χ1n) is 5.57. The van der Waals surface area contributed by atoms with Crippen LogP contribution in [-0.4, -0.2) is 14.7 Å². The first-order chi connectivity index (χ1) is 9.61. The van der Waals surface area contributed by atoms with Crippen molar-refractivity contribution in [3.05, 3.63) is 52.5 Å². The molecule has 0 aromatic heterocycles. The molecule has 0 atom stereocenters. The first-order valence-corrected chi connectivity index (χ1v) is 8.25. The smallest absolute Gasteiger partial charge is 0.178 e. The van der Waals surface area contributed by atoms with Crippen LogP contribution < -0.4 is 11.5 Å². The molecule has 0 aliphatic heterocycles. The Kier molecular flexibility index (Phi) is 5.68. The van der Waals surface area contributed by atoms with Crippen LogP contribution in [0.25, 0.3) is 0 Å². The Morgan fingerprint density at radius 1 is 0.952 bits per heavy atom. The molecule has 0 fully saturated rings. The van der Waals surface area contributed by atoms with Gasteiger partial charge in [-0.3, -0.25) is 0 Å². The van der Waals surface area contributed by atoms with E-state index in [1.165, 1.54) is 12.1 Å². The van der Waals surface area contributed by atoms with Gasteiger partial charge in [-0.1, -0.05) is 0 Å². The molecule has 114 valence electrons. The van der Waals surface area contributed by atoms with Crippen LogP contribution >= 0.6 is 15.9 Å². The van der Waals surface area contributed by atoms with Crippen molar-refractivity contribution < 1.29 is 17.2 Å². The molecule has 0 aliphatic carbocycles. The van der Waals surface area contributed by atoms with Crippen molar-refractivity contribution in [2.75, 3.05) is 17.7 Å². The Morgan fingerprint density at radius 2 is 1.43 bits per heavy atom. The quantitative estimate of drug-likeness (QED) is 0.746. The van der Waals surface area contributed by atoms with E-state index in [2.05, 4.69) is 15.9 Å². The molecular weight excluding hydrogens is 366 g/mol. The molecule has 0 saturated carbocycles. The number of nitrogens with two attached hydrogens (primary N) is 2. The van der Waals surface area contributed by atoms with Gasteiger partial charge in [0.25, 0.3) is 0 Å². The molecule has 21 heavy (non-hydrogen) atoms. The second kappa shape index (κ2) is 6.86. The normalized spacial score (nSPS) is 10.7. The third-order valence-electron chi connectivity index (χ3n) is 2.30. The van der Waals surface area contributed by atoms with Gasteiger partial charge in [-0.15, -0.1) is 0 Å². The molecule has 0 saturated heterocycles. The first kappa shape index (κ1) is 17.4. The number of anilines is 2. The Labute approximate surface area is 129 Å². The molecule has 8 heteroatoms. The summed E-state index contributed by atoms with van der Waals surface area (Å²) in [5, 5.41) is 0. The Bertz CT molecular complexity index is 752. The van der Waals surface area contributed by atoms with E-state index < -0.39 is 15.7 Å². The summed E-state index contributed by atoms with van der Waals surface area (Å²) in [7, 11) is -3.48. The predicted molar refractivity (Wildman–Crippen MR) is 82.4 cm³/mol. The van der Waals surface area contributed by atoms with Crippen LogP contribution in [-0.2, 0) is 9.84 Å². The third kappa shape index (κ3) is 5.31. The van der Waals surface area contributed by atoms with Gasteiger partial charge < -0.3 is 11.5 Å². The SMILES string of the molecule is CS(=O)(=O)c1ccc(N)cc1F.Nc1ccc(Br)c(F)c1. The molecule has 0 aliphatic rings. The van der Waals surface area contributed by atoms with Crippen LogP contribution in [0.5, 0.6) is 0 Å². The number of benzene rings is 2. The molecule has 4 nitrogen and oxygen atoms in total. The van der Waals surface area contributed by atoms with Crippen LogP contribution in [0.2, 0.25) is 0 Å². The average Bonchev–Trinajstić information content (AvgIpc) is 2.33. The maximum absolute atomic E-state index is 12.9. The Balaban J connectivity index is 0.000000219. The number of sulfone groups is 1. The molecule has 4 N–H and O–H groups in total. The van der Waals surface area contributed by atoms with Gasteiger partial charge in [0.1, 0.15) is 16.5 Å². The molecule has 2 aromatic rings. The fraction of sp³-hybridized carbons (Fsp3) is 0.0769. The van der Waals surface area contributed by atoms with Crippen molar-refractivity contribution in [3.8, 4) is 0 Å². The van der Waals surface area contributed by atoms with Gasteiger partial charge in [0.05, 0.1) is 4.47 Å². The standard InChI is InChI=1S/C7H8FNO2S.C6H5BrFN/c1-12(10,11)7-3-2-5(9)4-6(7)8;7-5-2-1-4(9)3-6(5)8/h2-4H,9H2,1H3;1-3H,9H2. The molecule has 0 heterocycles. The second-order valence-corrected chi connectivity index (χ2v) is 6.97. The van der Waals surface area contributed by atoms with Gasteiger partial charge in [0.2, 0.25) is 0 Å². The maximum atomic E-state index is 12.9. The minimum atomic E-state index is -3.48. The van der Waals surface area contributed by atoms with Gasteiger partial charge in [0, 0.05) is 17.6 Å². The molecule has 2 rings (SSSR count). The van der Waals surface area contributed by atoms with Gasteiger partial charge in [0.15, 0.2) is 9.84 Å². The van der Waals surface area contributed by atoms with Crippen molar-refractivity contribution in [1.29, 1.82) is 0 Å². The van der Waals surface area contributed by atoms with E-state index in [1.54, 1.807) is 12.1 Å². The van der Waals surface area contributed by atoms with Crippen molar-refractivity contribution in [3.63, 3.8) is 0 Å². The fourth-order valence-electron chi connectivity index (χ4n) is 1.33. The van der Waals surface area contributed by atoms with Crippen LogP contribution in [0.3, 0.4) is 0 Å². The lowest BCUT2D eigenvalue weighted by Crippen LogP contribution is -2.01. The molecular formula is C13H13BrF2N2O2S. The minimum Gasteiger partial charge on any atom is -0.399 e. The van der Waals surface area contributed by atoms with Crippen molar-refractivity contribution in [1.82, 2.24) is 0 Å². The zero-order chi connectivity index (χ0) is 16.2. The fourth-order valence-corrected chi connectivity index (χ4v) is 2.31. The lowest BCUT2D eigenvalue weighted by Gasteiger charge is -2.00. The third-order valence-corrected chi connectivity index (χ3v) is 4.07. The van der Waals surface area contributed by atoms with Gasteiger partial charge >= 0.3 is 0 Å². The van der Waals surface area contributed by atoms with E-state index in [0.717, 1.165) is 18.4 Å². The number of nitrogen functional groups attached to an aromatic ring is 2. The summed E-state index contributed by atoms with van der Waals surface area (Å²) < 4.78 is 47.5. The number of rotatable bonds is 1. The van der Waals surface area contributed by atoms with Gasteiger partial charge in [-0.25, -0.2) is 17.2 Å². The van der Waals surface area contributed by atoms with Crippen LogP contribution in [0, 0.1) is 11.6 Å². The Hall–Kier alpha value is -1.67. The molecule has 0 bridgehead atoms. The molecule has 2 aromatic carbocycles. The number of hydrogen-bond acceptors (Lipinski definition) is 4. The van der Waals surface area contributed by atoms with Crippen LogP contribution in [0.4, 0.5) is 20.2 Å². The predicted octanol–water partition coefficient (Wildman–Crippen LogP) is 2.98. The average molecular weight is 379 g/mol. The number of hydrogen-bond donors (Lipinski definition) is 2. The minimum absolute atomic E-state index is 0.208. The lowest BCUT2D eigenvalue weighted by molar-refractivity contribution is 0.571. The van der Waals surface area contributed by atoms with E-state index in [-0.39, 0.29) is 16.4 Å². The van der Waals surface area contributed by atoms with E-state index in [1.807, 2.05) is 0 Å². The largest absolute Gasteiger partial charge is 0.399 e. The lowest BCUT2D eigenvalue weighted by atomic mass is 10.3. The highest BCUT2D eigenvalue weighted by Gasteiger charge is 2.12. The summed E-state index contributed by atoms with van der Waals surface area (Å²) in [4.78, 5) is -0.322. The van der Waals surface area contributed by atoms with E-state index >= 15 is 0 Å². The summed E-state index contributed by atoms with van der Waals surface area (Å²) >= 11 is 3.00. The molecule has 0 amide bonds. The number of halogens is 3. The van der Waals surface area contributed by atoms with E-state index in [0.29, 0.717) is 10.2 Å². The van der Waals surface area contributed by atoms with Crippen molar-refractivity contribution in [2.45, 2.75) is 4.90 Å². The molecule has 0 unspecified atom stereocenters. The highest BCUT2D eigenvalue weighted by atomic mass is 79.9. The highest BCUT2D eigenvalue weighted by molar-refractivity contribution is 9.10. The van der Waals surface area contributed by atoms with Crippen molar-refractivity contribution >= 4 is 37.1 Å². The summed E-state index contributed by atoms with van der Waals surface area (Å²) in [6, 6.07) is 7.96. The molecule has 0 radical (unpaired) electrons. The highest BCUT2D eigenvalue weighted by Crippen LogP contribution is 2.17. The zero-order valence-electron chi connectivity index (χ0n) is 11.0. The summed E-state index contributed by atoms with van der Waals surface area (Å²) in [5.41, 5.74) is 11.2. The zero-order valence-corrected chi connectivity index (χ0v) is 13.4. The summed E-state index contributed by atoms with van der Waals surface area (Å²) in [6.45, 7) is 0.